The summed E-state index contributed by atoms with van der Waals surface area (Å²) in [5, 5.41) is 6.30. The molecule has 3 unspecified atom stereocenters. The van der Waals surface area contributed by atoms with Crippen LogP contribution in [0.5, 0.6) is 0 Å². The Kier molecular flexibility index (Phi) is 4.92. The molecule has 3 atom stereocenters. The second-order valence-corrected chi connectivity index (χ2v) is 7.85. The summed E-state index contributed by atoms with van der Waals surface area (Å²) in [4.78, 5) is 18.6. The molecule has 1 spiro atoms. The maximum atomic E-state index is 12.5. The van der Waals surface area contributed by atoms with Crippen LogP contribution >= 0.6 is 11.3 Å². The molecule has 2 aliphatic rings. The normalized spacial score (nSPS) is 26.2. The van der Waals surface area contributed by atoms with Crippen LogP contribution in [0.25, 0.3) is 0 Å². The number of aromatic nitrogens is 1. The molecule has 1 N–H and O–H groups in total. The minimum absolute atomic E-state index is 0.0274. The molecule has 128 valence electrons. The summed E-state index contributed by atoms with van der Waals surface area (Å²) in [6, 6.07) is 0.303. The van der Waals surface area contributed by atoms with Crippen LogP contribution in [-0.2, 0) is 4.74 Å². The van der Waals surface area contributed by atoms with Crippen molar-refractivity contribution in [2.45, 2.75) is 57.6 Å². The minimum Gasteiger partial charge on any atom is -0.378 e. The molecule has 0 bridgehead atoms. The van der Waals surface area contributed by atoms with Crippen molar-refractivity contribution in [2.75, 3.05) is 20.2 Å². The number of carbonyl (C=O) groups excluding carboxylic acids is 1. The molecule has 23 heavy (non-hydrogen) atoms. The van der Waals surface area contributed by atoms with Gasteiger partial charge in [-0.25, -0.2) is 9.78 Å². The Balaban J connectivity index is 1.51. The molecule has 1 aromatic heterocycles. The van der Waals surface area contributed by atoms with E-state index in [1.54, 1.807) is 16.2 Å². The highest BCUT2D eigenvalue weighted by atomic mass is 32.1. The monoisotopic (exact) mass is 337 g/mol. The molecule has 0 saturated heterocycles. The third-order valence-corrected chi connectivity index (χ3v) is 6.51. The van der Waals surface area contributed by atoms with Crippen molar-refractivity contribution in [1.82, 2.24) is 15.2 Å². The van der Waals surface area contributed by atoms with Crippen LogP contribution in [0, 0.1) is 5.41 Å². The van der Waals surface area contributed by atoms with E-state index in [0.29, 0.717) is 12.6 Å². The standard InChI is InChI=1S/C17H27N3O2S/c1-4-22-14-10-13(17(14)6-5-7-17)19-16(21)20(3)11-12(2)15-18-8-9-23-15/h8-9,12-14H,4-7,10-11H2,1-3H3,(H,19,21). The van der Waals surface area contributed by atoms with Crippen molar-refractivity contribution in [3.63, 3.8) is 0 Å². The molecule has 2 saturated carbocycles. The van der Waals surface area contributed by atoms with Gasteiger partial charge >= 0.3 is 6.03 Å². The highest BCUT2D eigenvalue weighted by Crippen LogP contribution is 2.57. The molecule has 0 radical (unpaired) electrons. The van der Waals surface area contributed by atoms with Gasteiger partial charge in [-0.2, -0.15) is 0 Å². The fourth-order valence-corrected chi connectivity index (χ4v) is 4.64. The number of rotatable bonds is 6. The lowest BCUT2D eigenvalue weighted by Crippen LogP contribution is -2.68. The Morgan fingerprint density at radius 3 is 2.96 bits per heavy atom. The number of nitrogens with zero attached hydrogens (tertiary/aromatic N) is 2. The van der Waals surface area contributed by atoms with E-state index in [1.165, 1.54) is 19.3 Å². The first-order valence-corrected chi connectivity index (χ1v) is 9.47. The molecule has 2 amide bonds. The molecule has 1 heterocycles. The Morgan fingerprint density at radius 2 is 2.39 bits per heavy atom. The van der Waals surface area contributed by atoms with Gasteiger partial charge in [0, 0.05) is 49.2 Å². The number of thiazole rings is 1. The lowest BCUT2D eigenvalue weighted by atomic mass is 9.51. The summed E-state index contributed by atoms with van der Waals surface area (Å²) in [6.07, 6.45) is 6.73. The van der Waals surface area contributed by atoms with Crippen molar-refractivity contribution in [3.05, 3.63) is 16.6 Å². The van der Waals surface area contributed by atoms with Crippen LogP contribution in [0.3, 0.4) is 0 Å². The Labute approximate surface area is 142 Å². The number of urea groups is 1. The first-order valence-electron chi connectivity index (χ1n) is 8.59. The fourth-order valence-electron chi connectivity index (χ4n) is 3.95. The zero-order valence-corrected chi connectivity index (χ0v) is 15.1. The summed E-state index contributed by atoms with van der Waals surface area (Å²) in [6.45, 7) is 5.61. The van der Waals surface area contributed by atoms with E-state index in [1.807, 2.05) is 25.5 Å². The fraction of sp³-hybridized carbons (Fsp3) is 0.765. The van der Waals surface area contributed by atoms with Gasteiger partial charge < -0.3 is 15.0 Å². The van der Waals surface area contributed by atoms with E-state index in [0.717, 1.165) is 18.0 Å². The molecule has 2 aliphatic carbocycles. The zero-order valence-electron chi connectivity index (χ0n) is 14.2. The highest BCUT2D eigenvalue weighted by Gasteiger charge is 2.59. The van der Waals surface area contributed by atoms with Gasteiger partial charge in [-0.3, -0.25) is 0 Å². The van der Waals surface area contributed by atoms with Crippen LogP contribution in [0.1, 0.15) is 50.5 Å². The van der Waals surface area contributed by atoms with Crippen LogP contribution in [-0.4, -0.2) is 48.3 Å². The summed E-state index contributed by atoms with van der Waals surface area (Å²) >= 11 is 1.65. The molecule has 5 nitrogen and oxygen atoms in total. The zero-order chi connectivity index (χ0) is 16.4. The number of nitrogens with one attached hydrogen (secondary N) is 1. The molecule has 2 fully saturated rings. The Hall–Kier alpha value is -1.14. The van der Waals surface area contributed by atoms with Crippen LogP contribution < -0.4 is 5.32 Å². The molecular weight excluding hydrogens is 310 g/mol. The van der Waals surface area contributed by atoms with Gasteiger partial charge in [0.1, 0.15) is 0 Å². The third kappa shape index (κ3) is 3.11. The van der Waals surface area contributed by atoms with Crippen LogP contribution in [0.4, 0.5) is 4.79 Å². The SMILES string of the molecule is CCOC1CC(NC(=O)N(C)CC(C)c2nccs2)C12CCC2. The third-order valence-electron chi connectivity index (χ3n) is 5.50. The average Bonchev–Trinajstić information content (AvgIpc) is 2.98. The molecule has 3 rings (SSSR count). The largest absolute Gasteiger partial charge is 0.378 e. The summed E-state index contributed by atoms with van der Waals surface area (Å²) < 4.78 is 5.85. The number of hydrogen-bond acceptors (Lipinski definition) is 4. The number of ether oxygens (including phenoxy) is 1. The maximum absolute atomic E-state index is 12.5. The van der Waals surface area contributed by atoms with E-state index in [9.17, 15) is 4.79 Å². The predicted octanol–water partition coefficient (Wildman–Crippen LogP) is 3.24. The van der Waals surface area contributed by atoms with Gasteiger partial charge in [0.05, 0.1) is 11.1 Å². The molecular formula is C17H27N3O2S. The topological polar surface area (TPSA) is 54.5 Å². The van der Waals surface area contributed by atoms with Gasteiger partial charge in [-0.15, -0.1) is 11.3 Å². The average molecular weight is 337 g/mol. The molecule has 1 aromatic rings. The van der Waals surface area contributed by atoms with Gasteiger partial charge in [-0.05, 0) is 26.2 Å². The van der Waals surface area contributed by atoms with Crippen molar-refractivity contribution >= 4 is 17.4 Å². The smallest absolute Gasteiger partial charge is 0.317 e. The predicted molar refractivity (Wildman–Crippen MR) is 91.8 cm³/mol. The van der Waals surface area contributed by atoms with Crippen molar-refractivity contribution in [1.29, 1.82) is 0 Å². The second-order valence-electron chi connectivity index (χ2n) is 6.92. The number of carbonyl (C=O) groups is 1. The number of hydrogen-bond donors (Lipinski definition) is 1. The lowest BCUT2D eigenvalue weighted by molar-refractivity contribution is -0.169. The van der Waals surface area contributed by atoms with Gasteiger partial charge in [0.2, 0.25) is 0 Å². The first-order chi connectivity index (χ1) is 11.1. The summed E-state index contributed by atoms with van der Waals surface area (Å²) in [7, 11) is 1.87. The minimum atomic E-state index is 0.0274. The summed E-state index contributed by atoms with van der Waals surface area (Å²) in [5.74, 6) is 0.265. The summed E-state index contributed by atoms with van der Waals surface area (Å²) in [5.41, 5.74) is 0.216. The van der Waals surface area contributed by atoms with Gasteiger partial charge in [0.25, 0.3) is 0 Å². The molecule has 0 aliphatic heterocycles. The van der Waals surface area contributed by atoms with Crippen LogP contribution in [0.2, 0.25) is 0 Å². The van der Waals surface area contributed by atoms with E-state index in [4.69, 9.17) is 4.74 Å². The highest BCUT2D eigenvalue weighted by molar-refractivity contribution is 7.09. The lowest BCUT2D eigenvalue weighted by Gasteiger charge is -2.61. The first kappa shape index (κ1) is 16.7. The van der Waals surface area contributed by atoms with Crippen molar-refractivity contribution in [3.8, 4) is 0 Å². The molecule has 0 aromatic carbocycles. The van der Waals surface area contributed by atoms with Gasteiger partial charge in [-0.1, -0.05) is 13.3 Å². The van der Waals surface area contributed by atoms with E-state index in [2.05, 4.69) is 17.2 Å². The van der Waals surface area contributed by atoms with E-state index in [-0.39, 0.29) is 23.4 Å². The van der Waals surface area contributed by atoms with Crippen LogP contribution in [0.15, 0.2) is 11.6 Å². The van der Waals surface area contributed by atoms with Crippen molar-refractivity contribution in [2.24, 2.45) is 5.41 Å². The second kappa shape index (κ2) is 6.77. The maximum Gasteiger partial charge on any atom is 0.317 e. The van der Waals surface area contributed by atoms with E-state index < -0.39 is 0 Å². The van der Waals surface area contributed by atoms with Gasteiger partial charge in [0.15, 0.2) is 0 Å². The number of likely N-dealkylation sites (N-methyl/N-ethyl adjacent to an activating group) is 1. The van der Waals surface area contributed by atoms with E-state index >= 15 is 0 Å². The quantitative estimate of drug-likeness (QED) is 0.867. The Morgan fingerprint density at radius 1 is 1.61 bits per heavy atom. The number of amides is 2. The van der Waals surface area contributed by atoms with Crippen molar-refractivity contribution < 1.29 is 9.53 Å². The Bertz CT molecular complexity index is 530. The molecule has 6 heteroatoms.